The third-order valence-electron chi connectivity index (χ3n) is 1.55. The maximum Gasteiger partial charge on any atom is 0.0496 e. The molecule has 50 valence electrons. The number of hydrogen-bond acceptors (Lipinski definition) is 1. The summed E-state index contributed by atoms with van der Waals surface area (Å²) in [6.45, 7) is 2.33. The van der Waals surface area contributed by atoms with E-state index in [0.29, 0.717) is 5.92 Å². The second-order valence-corrected chi connectivity index (χ2v) is 2.49. The molecule has 1 aliphatic rings. The van der Waals surface area contributed by atoms with Crippen molar-refractivity contribution in [2.75, 3.05) is 6.61 Å². The summed E-state index contributed by atoms with van der Waals surface area (Å²) >= 11 is 0. The Hall–Kier alpha value is -0.560. The molecular formula is C8H12O. The number of aliphatic hydroxyl groups is 1. The first kappa shape index (κ1) is 6.56. The molecular weight excluding hydrogens is 112 g/mol. The van der Waals surface area contributed by atoms with Crippen molar-refractivity contribution in [2.45, 2.75) is 13.3 Å². The van der Waals surface area contributed by atoms with Crippen molar-refractivity contribution in [3.05, 3.63) is 23.8 Å². The van der Waals surface area contributed by atoms with Crippen LogP contribution < -0.4 is 0 Å². The van der Waals surface area contributed by atoms with Crippen LogP contribution in [0.4, 0.5) is 0 Å². The van der Waals surface area contributed by atoms with Crippen LogP contribution in [-0.2, 0) is 0 Å². The molecule has 0 aromatic carbocycles. The molecule has 0 spiro atoms. The molecule has 9 heavy (non-hydrogen) atoms. The molecule has 0 aliphatic heterocycles. The van der Waals surface area contributed by atoms with E-state index in [1.54, 1.807) is 0 Å². The molecule has 0 saturated heterocycles. The van der Waals surface area contributed by atoms with Gasteiger partial charge < -0.3 is 5.11 Å². The predicted molar refractivity (Wildman–Crippen MR) is 38.1 cm³/mol. The number of rotatable bonds is 1. The first-order valence-electron chi connectivity index (χ1n) is 3.28. The largest absolute Gasteiger partial charge is 0.396 e. The van der Waals surface area contributed by atoms with Crippen LogP contribution in [0.3, 0.4) is 0 Å². The fraction of sp³-hybridized carbons (Fsp3) is 0.500. The molecule has 0 amide bonds. The van der Waals surface area contributed by atoms with Gasteiger partial charge in [0.05, 0.1) is 0 Å². The average Bonchev–Trinajstić information content (AvgIpc) is 1.88. The van der Waals surface area contributed by atoms with Crippen molar-refractivity contribution in [1.82, 2.24) is 0 Å². The molecule has 0 aromatic heterocycles. The Morgan fingerprint density at radius 3 is 3.00 bits per heavy atom. The molecule has 0 bridgehead atoms. The molecule has 0 fully saturated rings. The topological polar surface area (TPSA) is 20.2 Å². The lowest BCUT2D eigenvalue weighted by Gasteiger charge is -2.10. The van der Waals surface area contributed by atoms with Crippen LogP contribution in [0, 0.1) is 5.92 Å². The molecule has 1 unspecified atom stereocenters. The first-order valence-corrected chi connectivity index (χ1v) is 3.28. The van der Waals surface area contributed by atoms with Crippen LogP contribution in [0.5, 0.6) is 0 Å². The zero-order valence-corrected chi connectivity index (χ0v) is 5.67. The molecule has 1 heteroatoms. The number of allylic oxidation sites excluding steroid dienone is 3. The van der Waals surface area contributed by atoms with E-state index in [0.717, 1.165) is 6.42 Å². The quantitative estimate of drug-likeness (QED) is 0.561. The summed E-state index contributed by atoms with van der Waals surface area (Å²) in [7, 11) is 0. The SMILES string of the molecule is CC1=CC(CO)CC=C1. The van der Waals surface area contributed by atoms with Gasteiger partial charge in [-0.3, -0.25) is 0 Å². The second kappa shape index (κ2) is 2.83. The van der Waals surface area contributed by atoms with E-state index in [4.69, 9.17) is 5.11 Å². The minimum Gasteiger partial charge on any atom is -0.396 e. The highest BCUT2D eigenvalue weighted by Gasteiger charge is 2.03. The summed E-state index contributed by atoms with van der Waals surface area (Å²) in [4.78, 5) is 0. The van der Waals surface area contributed by atoms with Crippen LogP contribution in [0.15, 0.2) is 23.8 Å². The molecule has 1 N–H and O–H groups in total. The molecule has 0 radical (unpaired) electrons. The zero-order valence-electron chi connectivity index (χ0n) is 5.67. The van der Waals surface area contributed by atoms with E-state index in [1.165, 1.54) is 5.57 Å². The van der Waals surface area contributed by atoms with Crippen molar-refractivity contribution >= 4 is 0 Å². The van der Waals surface area contributed by atoms with E-state index in [-0.39, 0.29) is 6.61 Å². The van der Waals surface area contributed by atoms with Crippen molar-refractivity contribution in [3.8, 4) is 0 Å². The van der Waals surface area contributed by atoms with Gasteiger partial charge >= 0.3 is 0 Å². The fourth-order valence-electron chi connectivity index (χ4n) is 1.05. The minimum absolute atomic E-state index is 0.279. The summed E-state index contributed by atoms with van der Waals surface area (Å²) in [5, 5.41) is 8.73. The molecule has 0 saturated carbocycles. The van der Waals surface area contributed by atoms with E-state index in [2.05, 4.69) is 25.2 Å². The van der Waals surface area contributed by atoms with Gasteiger partial charge in [-0.1, -0.05) is 23.8 Å². The highest BCUT2D eigenvalue weighted by molar-refractivity contribution is 5.21. The van der Waals surface area contributed by atoms with Crippen LogP contribution >= 0.6 is 0 Å². The van der Waals surface area contributed by atoms with Crippen molar-refractivity contribution < 1.29 is 5.11 Å². The average molecular weight is 124 g/mol. The third-order valence-corrected chi connectivity index (χ3v) is 1.55. The van der Waals surface area contributed by atoms with Gasteiger partial charge in [-0.05, 0) is 13.3 Å². The Morgan fingerprint density at radius 1 is 1.78 bits per heavy atom. The lowest BCUT2D eigenvalue weighted by molar-refractivity contribution is 0.252. The lowest BCUT2D eigenvalue weighted by atomic mass is 9.98. The van der Waals surface area contributed by atoms with E-state index >= 15 is 0 Å². The van der Waals surface area contributed by atoms with Gasteiger partial charge in [0.2, 0.25) is 0 Å². The van der Waals surface area contributed by atoms with Gasteiger partial charge in [-0.2, -0.15) is 0 Å². The third kappa shape index (κ3) is 1.68. The molecule has 1 aliphatic carbocycles. The molecule has 0 aromatic rings. The van der Waals surface area contributed by atoms with E-state index < -0.39 is 0 Å². The Labute approximate surface area is 55.7 Å². The number of aliphatic hydroxyl groups excluding tert-OH is 1. The lowest BCUT2D eigenvalue weighted by Crippen LogP contribution is -2.03. The van der Waals surface area contributed by atoms with E-state index in [9.17, 15) is 0 Å². The number of hydrogen-bond donors (Lipinski definition) is 1. The summed E-state index contributed by atoms with van der Waals surface area (Å²) in [6.07, 6.45) is 7.30. The Bertz CT molecular complexity index is 145. The van der Waals surface area contributed by atoms with Gasteiger partial charge in [-0.15, -0.1) is 0 Å². The van der Waals surface area contributed by atoms with Crippen LogP contribution in [0.25, 0.3) is 0 Å². The Kier molecular flexibility index (Phi) is 2.06. The molecule has 1 atom stereocenters. The van der Waals surface area contributed by atoms with Crippen molar-refractivity contribution in [3.63, 3.8) is 0 Å². The van der Waals surface area contributed by atoms with Gasteiger partial charge in [0.25, 0.3) is 0 Å². The molecule has 0 heterocycles. The summed E-state index contributed by atoms with van der Waals surface area (Å²) in [5.41, 5.74) is 1.26. The maximum absolute atomic E-state index is 8.73. The van der Waals surface area contributed by atoms with E-state index in [1.807, 2.05) is 0 Å². The maximum atomic E-state index is 8.73. The van der Waals surface area contributed by atoms with Crippen LogP contribution in [-0.4, -0.2) is 11.7 Å². The van der Waals surface area contributed by atoms with Gasteiger partial charge in [0.15, 0.2) is 0 Å². The highest BCUT2D eigenvalue weighted by Crippen LogP contribution is 2.14. The highest BCUT2D eigenvalue weighted by atomic mass is 16.3. The Morgan fingerprint density at radius 2 is 2.56 bits per heavy atom. The zero-order chi connectivity index (χ0) is 6.69. The van der Waals surface area contributed by atoms with Crippen molar-refractivity contribution in [2.24, 2.45) is 5.92 Å². The minimum atomic E-state index is 0.279. The molecule has 1 nitrogen and oxygen atoms in total. The summed E-state index contributed by atoms with van der Waals surface area (Å²) in [5.74, 6) is 0.370. The van der Waals surface area contributed by atoms with Crippen LogP contribution in [0.2, 0.25) is 0 Å². The van der Waals surface area contributed by atoms with Gasteiger partial charge in [0, 0.05) is 12.5 Å². The molecule has 1 rings (SSSR count). The second-order valence-electron chi connectivity index (χ2n) is 2.49. The summed E-state index contributed by atoms with van der Waals surface area (Å²) in [6, 6.07) is 0. The van der Waals surface area contributed by atoms with Crippen LogP contribution in [0.1, 0.15) is 13.3 Å². The fourth-order valence-corrected chi connectivity index (χ4v) is 1.05. The monoisotopic (exact) mass is 124 g/mol. The van der Waals surface area contributed by atoms with Crippen molar-refractivity contribution in [1.29, 1.82) is 0 Å². The first-order chi connectivity index (χ1) is 4.33. The smallest absolute Gasteiger partial charge is 0.0496 e. The van der Waals surface area contributed by atoms with Gasteiger partial charge in [-0.25, -0.2) is 0 Å². The predicted octanol–water partition coefficient (Wildman–Crippen LogP) is 1.50. The normalized spacial score (nSPS) is 26.0. The standard InChI is InChI=1S/C8H12O/c1-7-3-2-4-8(5-7)6-9/h2-3,5,8-9H,4,6H2,1H3. The Balaban J connectivity index is 2.55. The van der Waals surface area contributed by atoms with Gasteiger partial charge in [0.1, 0.15) is 0 Å². The summed E-state index contributed by atoms with van der Waals surface area (Å²) < 4.78 is 0.